The van der Waals surface area contributed by atoms with Gasteiger partial charge in [0, 0.05) is 31.2 Å². The highest BCUT2D eigenvalue weighted by Crippen LogP contribution is 2.21. The second kappa shape index (κ2) is 10.2. The molecule has 13 heteroatoms. The van der Waals surface area contributed by atoms with E-state index in [2.05, 4.69) is 14.8 Å². The first-order valence-electron chi connectivity index (χ1n) is 10.2. The van der Waals surface area contributed by atoms with Crippen LogP contribution in [0.4, 0.5) is 5.82 Å². The normalized spacial score (nSPS) is 11.4. The van der Waals surface area contributed by atoms with E-state index in [1.807, 2.05) is 19.1 Å². The van der Waals surface area contributed by atoms with Gasteiger partial charge in [0.05, 0.1) is 16.7 Å². The van der Waals surface area contributed by atoms with E-state index in [1.54, 1.807) is 35.2 Å². The van der Waals surface area contributed by atoms with Crippen LogP contribution in [0.15, 0.2) is 47.5 Å². The van der Waals surface area contributed by atoms with Crippen molar-refractivity contribution in [1.82, 2.24) is 23.9 Å². The number of nitrogens with zero attached hydrogens (tertiary/aromatic N) is 4. The lowest BCUT2D eigenvalue weighted by atomic mass is 10.1. The number of carbonyl (C=O) groups is 1. The van der Waals surface area contributed by atoms with Crippen LogP contribution in [0.2, 0.25) is 5.02 Å². The van der Waals surface area contributed by atoms with Crippen molar-refractivity contribution in [3.8, 4) is 0 Å². The molecule has 3 aromatic heterocycles. The Kier molecular flexibility index (Phi) is 7.54. The molecule has 0 fully saturated rings. The molecule has 0 unspecified atom stereocenters. The lowest BCUT2D eigenvalue weighted by Gasteiger charge is -2.14. The van der Waals surface area contributed by atoms with Crippen LogP contribution < -0.4 is 21.7 Å². The van der Waals surface area contributed by atoms with Crippen molar-refractivity contribution in [3.63, 3.8) is 0 Å². The molecule has 3 heterocycles. The topological polar surface area (TPSA) is 167 Å². The van der Waals surface area contributed by atoms with Crippen molar-refractivity contribution in [3.05, 3.63) is 69.4 Å². The fourth-order valence-corrected chi connectivity index (χ4v) is 4.16. The summed E-state index contributed by atoms with van der Waals surface area (Å²) in [5.74, 6) is -0.516. The Morgan fingerprint density at radius 3 is 2.65 bits per heavy atom. The van der Waals surface area contributed by atoms with Crippen LogP contribution in [0.25, 0.3) is 16.4 Å². The third-order valence-electron chi connectivity index (χ3n) is 4.90. The monoisotopic (exact) mass is 505 g/mol. The third-order valence-corrected chi connectivity index (χ3v) is 5.95. The minimum Gasteiger partial charge on any atom is -0.381 e. The molecule has 180 valence electrons. The molecule has 4 aromatic rings. The van der Waals surface area contributed by atoms with Gasteiger partial charge in [-0.25, -0.2) is 22.6 Å². The molecule has 4 rings (SSSR count). The van der Waals surface area contributed by atoms with E-state index in [0.29, 0.717) is 22.5 Å². The van der Waals surface area contributed by atoms with Crippen LogP contribution in [0.1, 0.15) is 23.0 Å². The number of halogens is 1. The number of nitrogen functional groups attached to an aromatic ring is 1. The number of anilines is 1. The molecule has 0 aliphatic carbocycles. The number of aromatic nitrogens is 4. The molecule has 0 bridgehead atoms. The Bertz CT molecular complexity index is 1530. The fourth-order valence-electron chi connectivity index (χ4n) is 3.43. The zero-order valence-electron chi connectivity index (χ0n) is 18.5. The molecule has 1 aromatic carbocycles. The summed E-state index contributed by atoms with van der Waals surface area (Å²) < 4.78 is 27.6. The quantitative estimate of drug-likeness (QED) is 0.353. The molecule has 0 saturated carbocycles. The average Bonchev–Trinajstić information content (AvgIpc) is 3.10. The highest BCUT2D eigenvalue weighted by molar-refractivity contribution is 7.88. The van der Waals surface area contributed by atoms with Gasteiger partial charge in [0.1, 0.15) is 5.56 Å². The number of benzene rings is 1. The van der Waals surface area contributed by atoms with Gasteiger partial charge in [-0.2, -0.15) is 0 Å². The Balaban J connectivity index is 0.000000212. The number of sulfonamides is 1. The Morgan fingerprint density at radius 2 is 2.00 bits per heavy atom. The molecular weight excluding hydrogens is 482 g/mol. The molecular formula is C21H24ClN7O4S. The maximum atomic E-state index is 12.6. The Morgan fingerprint density at radius 1 is 1.26 bits per heavy atom. The van der Waals surface area contributed by atoms with Gasteiger partial charge >= 0.3 is 0 Å². The number of hydrogen-bond donors (Lipinski definition) is 3. The van der Waals surface area contributed by atoms with Gasteiger partial charge in [-0.1, -0.05) is 30.7 Å². The predicted octanol–water partition coefficient (Wildman–Crippen LogP) is 1.18. The summed E-state index contributed by atoms with van der Waals surface area (Å²) in [6.07, 6.45) is 4.96. The van der Waals surface area contributed by atoms with Crippen molar-refractivity contribution in [1.29, 1.82) is 0 Å². The Hall–Kier alpha value is -3.48. The summed E-state index contributed by atoms with van der Waals surface area (Å²) in [6, 6.07) is 8.93. The van der Waals surface area contributed by atoms with Crippen molar-refractivity contribution in [2.45, 2.75) is 19.9 Å². The van der Waals surface area contributed by atoms with Gasteiger partial charge in [-0.15, -0.1) is 5.10 Å². The fraction of sp³-hybridized carbons (Fsp3) is 0.238. The summed E-state index contributed by atoms with van der Waals surface area (Å²) in [5.41, 5.74) is 11.8. The molecule has 0 atom stereocenters. The van der Waals surface area contributed by atoms with Gasteiger partial charge in [0.2, 0.25) is 10.0 Å². The number of nitrogens with one attached hydrogen (secondary N) is 1. The van der Waals surface area contributed by atoms with Gasteiger partial charge in [-0.3, -0.25) is 9.59 Å². The van der Waals surface area contributed by atoms with E-state index in [9.17, 15) is 18.0 Å². The second-order valence-corrected chi connectivity index (χ2v) is 9.57. The molecule has 1 amide bonds. The number of rotatable bonds is 6. The predicted molar refractivity (Wildman–Crippen MR) is 131 cm³/mol. The van der Waals surface area contributed by atoms with Crippen molar-refractivity contribution < 1.29 is 13.2 Å². The van der Waals surface area contributed by atoms with Crippen LogP contribution in [0, 0.1) is 0 Å². The van der Waals surface area contributed by atoms with Crippen molar-refractivity contribution in [2.75, 3.05) is 18.5 Å². The third kappa shape index (κ3) is 5.53. The SMILES string of the molecule is CCc1cc2cccc(Cl)c2c(=O)n1CCNS(C)(=O)=O.NC(=O)c1c(N)nn2cccnc12. The van der Waals surface area contributed by atoms with Crippen LogP contribution >= 0.6 is 11.6 Å². The standard InChI is InChI=1S/C14H17ClN2O3S.C7H7N5O/c1-3-11-9-10-5-4-6-12(15)13(10)14(18)17(11)8-7-16-21(2,19)20;8-5-4(6(9)13)7-10-2-1-3-12(7)11-5/h4-6,9,16H,3,7-8H2,1-2H3;1-3H,(H2,8,11)(H2,9,13). The summed E-state index contributed by atoms with van der Waals surface area (Å²) >= 11 is 6.11. The number of pyridine rings is 1. The molecule has 0 radical (unpaired) electrons. The molecule has 34 heavy (non-hydrogen) atoms. The summed E-state index contributed by atoms with van der Waals surface area (Å²) in [7, 11) is -3.27. The lowest BCUT2D eigenvalue weighted by Crippen LogP contribution is -2.31. The first-order valence-corrected chi connectivity index (χ1v) is 12.4. The second-order valence-electron chi connectivity index (χ2n) is 7.33. The maximum absolute atomic E-state index is 12.6. The van der Waals surface area contributed by atoms with Crippen LogP contribution in [-0.4, -0.2) is 46.3 Å². The van der Waals surface area contributed by atoms with E-state index >= 15 is 0 Å². The number of primary amides is 1. The van der Waals surface area contributed by atoms with E-state index in [0.717, 1.165) is 17.3 Å². The Labute approximate surface area is 200 Å². The number of aryl methyl sites for hydroxylation is 1. The summed E-state index contributed by atoms with van der Waals surface area (Å²) in [6.45, 7) is 2.39. The highest BCUT2D eigenvalue weighted by Gasteiger charge is 2.15. The first kappa shape index (κ1) is 25.1. The summed E-state index contributed by atoms with van der Waals surface area (Å²) in [5, 5.41) is 5.54. The van der Waals surface area contributed by atoms with Gasteiger partial charge < -0.3 is 16.0 Å². The van der Waals surface area contributed by atoms with Gasteiger partial charge in [0.15, 0.2) is 11.5 Å². The first-order chi connectivity index (χ1) is 16.0. The van der Waals surface area contributed by atoms with E-state index < -0.39 is 15.9 Å². The van der Waals surface area contributed by atoms with Crippen LogP contribution in [0.5, 0.6) is 0 Å². The number of hydrogen-bond acceptors (Lipinski definition) is 7. The zero-order valence-corrected chi connectivity index (χ0v) is 20.1. The highest BCUT2D eigenvalue weighted by atomic mass is 35.5. The van der Waals surface area contributed by atoms with Crippen molar-refractivity contribution >= 4 is 49.8 Å². The van der Waals surface area contributed by atoms with Crippen LogP contribution in [0.3, 0.4) is 0 Å². The maximum Gasteiger partial charge on any atom is 0.260 e. The minimum atomic E-state index is -3.27. The molecule has 11 nitrogen and oxygen atoms in total. The molecule has 0 aliphatic heterocycles. The van der Waals surface area contributed by atoms with Gasteiger partial charge in [-0.05, 0) is 30.0 Å². The largest absolute Gasteiger partial charge is 0.381 e. The van der Waals surface area contributed by atoms with E-state index in [-0.39, 0.29) is 30.0 Å². The molecule has 0 saturated heterocycles. The average molecular weight is 506 g/mol. The molecule has 0 spiro atoms. The van der Waals surface area contributed by atoms with E-state index in [1.165, 1.54) is 4.52 Å². The lowest BCUT2D eigenvalue weighted by molar-refractivity contribution is 0.100. The van der Waals surface area contributed by atoms with Crippen LogP contribution in [-0.2, 0) is 23.0 Å². The van der Waals surface area contributed by atoms with E-state index in [4.69, 9.17) is 23.1 Å². The van der Waals surface area contributed by atoms with Crippen molar-refractivity contribution in [2.24, 2.45) is 5.73 Å². The smallest absolute Gasteiger partial charge is 0.260 e. The zero-order chi connectivity index (χ0) is 25.0. The number of amides is 1. The number of nitrogens with two attached hydrogens (primary N) is 2. The van der Waals surface area contributed by atoms with Gasteiger partial charge in [0.25, 0.3) is 11.5 Å². The molecule has 5 N–H and O–H groups in total. The molecule has 0 aliphatic rings. The number of fused-ring (bicyclic) bond motifs is 2. The summed E-state index contributed by atoms with van der Waals surface area (Å²) in [4.78, 5) is 27.5. The number of carbonyl (C=O) groups excluding carboxylic acids is 1. The minimum absolute atomic E-state index is 0.103.